The molecule has 3 rings (SSSR count). The normalized spacial score (nSPS) is 15.6. The maximum Gasteiger partial charge on any atom is 0.363 e. The van der Waals surface area contributed by atoms with Gasteiger partial charge in [-0.05, 0) is 35.9 Å². The van der Waals surface area contributed by atoms with Crippen molar-refractivity contribution in [2.75, 3.05) is 7.11 Å². The van der Waals surface area contributed by atoms with Crippen molar-refractivity contribution in [3.63, 3.8) is 0 Å². The molecule has 2 aromatic rings. The van der Waals surface area contributed by atoms with Crippen molar-refractivity contribution in [3.8, 4) is 5.75 Å². The van der Waals surface area contributed by atoms with Crippen molar-refractivity contribution in [2.24, 2.45) is 4.99 Å². The first-order valence-corrected chi connectivity index (χ1v) is 8.78. The largest absolute Gasteiger partial charge is 0.496 e. The maximum absolute atomic E-state index is 11.9. The number of halogens is 2. The van der Waals surface area contributed by atoms with E-state index in [9.17, 15) is 4.79 Å². The van der Waals surface area contributed by atoms with Gasteiger partial charge in [-0.1, -0.05) is 59.6 Å². The molecule has 1 aliphatic rings. The van der Waals surface area contributed by atoms with Crippen LogP contribution in [0.5, 0.6) is 5.75 Å². The summed E-state index contributed by atoms with van der Waals surface area (Å²) in [6.45, 7) is 0. The zero-order chi connectivity index (χ0) is 19.2. The smallest absolute Gasteiger partial charge is 0.363 e. The number of ether oxygens (including phenoxy) is 2. The third-order valence-corrected chi connectivity index (χ3v) is 4.24. The second kappa shape index (κ2) is 8.71. The molecule has 0 radical (unpaired) electrons. The number of esters is 1. The highest BCUT2D eigenvalue weighted by molar-refractivity contribution is 6.35. The number of aliphatic imine (C=N–C) groups is 1. The third-order valence-electron chi connectivity index (χ3n) is 3.67. The lowest BCUT2D eigenvalue weighted by Crippen LogP contribution is -2.00. The van der Waals surface area contributed by atoms with Gasteiger partial charge < -0.3 is 9.47 Å². The van der Waals surface area contributed by atoms with Crippen LogP contribution in [0.3, 0.4) is 0 Å². The molecule has 0 saturated carbocycles. The number of carbonyl (C=O) groups is 1. The SMILES string of the molecule is COc1ccccc1C=CC=C1N=C(C=Cc2ccc(Cl)cc2Cl)OC1=O. The van der Waals surface area contributed by atoms with Crippen molar-refractivity contribution < 1.29 is 14.3 Å². The number of para-hydroxylation sites is 1. The fourth-order valence-electron chi connectivity index (χ4n) is 2.36. The lowest BCUT2D eigenvalue weighted by Gasteiger charge is -2.02. The first-order valence-electron chi connectivity index (χ1n) is 8.02. The number of benzene rings is 2. The van der Waals surface area contributed by atoms with E-state index in [-0.39, 0.29) is 11.6 Å². The van der Waals surface area contributed by atoms with Gasteiger partial charge in [-0.25, -0.2) is 9.79 Å². The first-order chi connectivity index (χ1) is 13.1. The van der Waals surface area contributed by atoms with Crippen LogP contribution in [0.25, 0.3) is 12.2 Å². The van der Waals surface area contributed by atoms with E-state index in [1.54, 1.807) is 49.6 Å². The van der Waals surface area contributed by atoms with Crippen molar-refractivity contribution in [2.45, 2.75) is 0 Å². The number of nitrogens with zero attached hydrogens (tertiary/aromatic N) is 1. The van der Waals surface area contributed by atoms with Gasteiger partial charge in [0.05, 0.1) is 7.11 Å². The van der Waals surface area contributed by atoms with E-state index in [0.29, 0.717) is 10.0 Å². The Morgan fingerprint density at radius 1 is 1.04 bits per heavy atom. The van der Waals surface area contributed by atoms with E-state index in [0.717, 1.165) is 16.9 Å². The monoisotopic (exact) mass is 399 g/mol. The summed E-state index contributed by atoms with van der Waals surface area (Å²) in [4.78, 5) is 16.1. The van der Waals surface area contributed by atoms with Crippen LogP contribution in [0, 0.1) is 0 Å². The second-order valence-corrected chi connectivity index (χ2v) is 6.34. The summed E-state index contributed by atoms with van der Waals surface area (Å²) in [5.41, 5.74) is 1.85. The Kier molecular flexibility index (Phi) is 6.12. The molecular weight excluding hydrogens is 385 g/mol. The molecule has 0 N–H and O–H groups in total. The highest BCUT2D eigenvalue weighted by atomic mass is 35.5. The molecule has 6 heteroatoms. The summed E-state index contributed by atoms with van der Waals surface area (Å²) < 4.78 is 10.4. The molecule has 136 valence electrons. The fraction of sp³-hybridized carbons (Fsp3) is 0.0476. The Labute approximate surface area is 167 Å². The number of hydrogen-bond donors (Lipinski definition) is 0. The summed E-state index contributed by atoms with van der Waals surface area (Å²) in [6.07, 6.45) is 8.43. The number of cyclic esters (lactones) is 1. The van der Waals surface area contributed by atoms with Crippen LogP contribution in [-0.4, -0.2) is 19.0 Å². The Hall–Kier alpha value is -2.82. The summed E-state index contributed by atoms with van der Waals surface area (Å²) in [5, 5.41) is 1.05. The average molecular weight is 400 g/mol. The highest BCUT2D eigenvalue weighted by Gasteiger charge is 2.20. The molecule has 0 saturated heterocycles. The number of carbonyl (C=O) groups excluding carboxylic acids is 1. The maximum atomic E-state index is 11.9. The van der Waals surface area contributed by atoms with Crippen LogP contribution >= 0.6 is 23.2 Å². The molecule has 0 spiro atoms. The topological polar surface area (TPSA) is 47.9 Å². The minimum Gasteiger partial charge on any atom is -0.496 e. The van der Waals surface area contributed by atoms with Crippen molar-refractivity contribution in [3.05, 3.63) is 87.6 Å². The summed E-state index contributed by atoms with van der Waals surface area (Å²) in [6, 6.07) is 12.7. The number of rotatable bonds is 5. The van der Waals surface area contributed by atoms with Crippen LogP contribution in [0.1, 0.15) is 11.1 Å². The van der Waals surface area contributed by atoms with Gasteiger partial charge in [-0.2, -0.15) is 0 Å². The zero-order valence-corrected chi connectivity index (χ0v) is 15.9. The molecule has 27 heavy (non-hydrogen) atoms. The van der Waals surface area contributed by atoms with Crippen molar-refractivity contribution >= 4 is 47.2 Å². The molecule has 0 fully saturated rings. The van der Waals surface area contributed by atoms with E-state index < -0.39 is 5.97 Å². The average Bonchev–Trinajstić information content (AvgIpc) is 3.01. The summed E-state index contributed by atoms with van der Waals surface area (Å²) >= 11 is 12.0. The Bertz CT molecular complexity index is 991. The van der Waals surface area contributed by atoms with Crippen LogP contribution < -0.4 is 4.74 Å². The van der Waals surface area contributed by atoms with Gasteiger partial charge in [0.1, 0.15) is 5.75 Å². The Morgan fingerprint density at radius 2 is 1.85 bits per heavy atom. The van der Waals surface area contributed by atoms with E-state index in [4.69, 9.17) is 32.7 Å². The van der Waals surface area contributed by atoms with Gasteiger partial charge in [-0.15, -0.1) is 0 Å². The minimum absolute atomic E-state index is 0.197. The summed E-state index contributed by atoms with van der Waals surface area (Å²) in [7, 11) is 1.61. The predicted octanol–water partition coefficient (Wildman–Crippen LogP) is 5.57. The molecular formula is C21H15Cl2NO3. The van der Waals surface area contributed by atoms with E-state index in [1.807, 2.05) is 30.3 Å². The van der Waals surface area contributed by atoms with Crippen LogP contribution in [0.2, 0.25) is 10.0 Å². The summed E-state index contributed by atoms with van der Waals surface area (Å²) in [5.74, 6) is 0.428. The standard InChI is InChI=1S/C21H15Cl2NO3/c1-26-19-8-3-2-5-15(19)6-4-7-18-21(25)27-20(24-18)12-10-14-9-11-16(22)13-17(14)23/h2-13H,1H3. The zero-order valence-electron chi connectivity index (χ0n) is 14.4. The Balaban J connectivity index is 1.74. The van der Waals surface area contributed by atoms with Crippen molar-refractivity contribution in [1.29, 1.82) is 0 Å². The van der Waals surface area contributed by atoms with Gasteiger partial charge in [0.2, 0.25) is 5.90 Å². The molecule has 2 aromatic carbocycles. The quantitative estimate of drug-likeness (QED) is 0.487. The Morgan fingerprint density at radius 3 is 2.63 bits per heavy atom. The van der Waals surface area contributed by atoms with Crippen molar-refractivity contribution in [1.82, 2.24) is 0 Å². The molecule has 0 bridgehead atoms. The van der Waals surface area contributed by atoms with Crippen LogP contribution in [-0.2, 0) is 9.53 Å². The first kappa shape index (κ1) is 19.0. The molecule has 0 aliphatic carbocycles. The lowest BCUT2D eigenvalue weighted by atomic mass is 10.2. The number of methoxy groups -OCH3 is 1. The van der Waals surface area contributed by atoms with Crippen LogP contribution in [0.15, 0.2) is 71.4 Å². The molecule has 0 atom stereocenters. The van der Waals surface area contributed by atoms with Gasteiger partial charge in [0.15, 0.2) is 5.70 Å². The lowest BCUT2D eigenvalue weighted by molar-refractivity contribution is -0.129. The molecule has 4 nitrogen and oxygen atoms in total. The predicted molar refractivity (Wildman–Crippen MR) is 109 cm³/mol. The second-order valence-electron chi connectivity index (χ2n) is 5.49. The van der Waals surface area contributed by atoms with E-state index in [2.05, 4.69) is 4.99 Å². The molecule has 0 aromatic heterocycles. The highest BCUT2D eigenvalue weighted by Crippen LogP contribution is 2.23. The van der Waals surface area contributed by atoms with E-state index >= 15 is 0 Å². The van der Waals surface area contributed by atoms with Gasteiger partial charge in [0, 0.05) is 21.7 Å². The van der Waals surface area contributed by atoms with Gasteiger partial charge in [-0.3, -0.25) is 0 Å². The van der Waals surface area contributed by atoms with Gasteiger partial charge in [0.25, 0.3) is 0 Å². The fourth-order valence-corrected chi connectivity index (χ4v) is 2.83. The van der Waals surface area contributed by atoms with Crippen LogP contribution in [0.4, 0.5) is 0 Å². The molecule has 1 heterocycles. The molecule has 0 unspecified atom stereocenters. The number of allylic oxidation sites excluding steroid dienone is 2. The molecule has 1 aliphatic heterocycles. The minimum atomic E-state index is -0.512. The van der Waals surface area contributed by atoms with Gasteiger partial charge >= 0.3 is 5.97 Å². The number of hydrogen-bond acceptors (Lipinski definition) is 4. The van der Waals surface area contributed by atoms with E-state index in [1.165, 1.54) is 0 Å². The third kappa shape index (κ3) is 4.88. The molecule has 0 amide bonds.